The molecule has 6 heteroatoms. The summed E-state index contributed by atoms with van der Waals surface area (Å²) in [5, 5.41) is 6.48. The molecule has 3 aromatic rings. The molecule has 0 spiro atoms. The van der Waals surface area contributed by atoms with Crippen LogP contribution in [-0.4, -0.2) is 17.4 Å². The fourth-order valence-corrected chi connectivity index (χ4v) is 2.53. The van der Waals surface area contributed by atoms with E-state index in [-0.39, 0.29) is 11.7 Å². The number of carbonyl (C=O) groups excluding carboxylic acids is 1. The maximum atomic E-state index is 13.6. The highest BCUT2D eigenvalue weighted by Gasteiger charge is 2.06. The van der Waals surface area contributed by atoms with Gasteiger partial charge in [-0.05, 0) is 54.4 Å². The Morgan fingerprint density at radius 1 is 1.04 bits per heavy atom. The molecule has 0 saturated carbocycles. The van der Waals surface area contributed by atoms with Crippen LogP contribution in [-0.2, 0) is 6.42 Å². The predicted molar refractivity (Wildman–Crippen MR) is 102 cm³/mol. The van der Waals surface area contributed by atoms with Crippen LogP contribution in [0, 0.1) is 5.82 Å². The van der Waals surface area contributed by atoms with Crippen LogP contribution in [0.15, 0.2) is 66.9 Å². The number of hydrogen-bond acceptors (Lipinski definition) is 3. The number of hydrogen-bond donors (Lipinski definition) is 2. The van der Waals surface area contributed by atoms with Crippen molar-refractivity contribution in [3.05, 3.63) is 88.8 Å². The lowest BCUT2D eigenvalue weighted by atomic mass is 10.1. The van der Waals surface area contributed by atoms with E-state index in [9.17, 15) is 9.18 Å². The third-order valence-corrected chi connectivity index (χ3v) is 4.04. The monoisotopic (exact) mass is 369 g/mol. The molecule has 0 unspecified atom stereocenters. The molecule has 3 rings (SSSR count). The van der Waals surface area contributed by atoms with Gasteiger partial charge in [0.15, 0.2) is 0 Å². The SMILES string of the molecule is O=C(Nc1ccc(NCCc2ccccc2F)nc1)c1ccc(Cl)cc1. The molecule has 0 aliphatic heterocycles. The second-order valence-corrected chi connectivity index (χ2v) is 6.10. The van der Waals surface area contributed by atoms with E-state index < -0.39 is 0 Å². The van der Waals surface area contributed by atoms with Crippen molar-refractivity contribution in [3.8, 4) is 0 Å². The summed E-state index contributed by atoms with van der Waals surface area (Å²) in [7, 11) is 0. The van der Waals surface area contributed by atoms with Gasteiger partial charge in [-0.1, -0.05) is 29.8 Å². The molecule has 26 heavy (non-hydrogen) atoms. The van der Waals surface area contributed by atoms with Gasteiger partial charge < -0.3 is 10.6 Å². The molecule has 0 fully saturated rings. The summed E-state index contributed by atoms with van der Waals surface area (Å²) in [6.07, 6.45) is 2.13. The maximum absolute atomic E-state index is 13.6. The summed E-state index contributed by atoms with van der Waals surface area (Å²) in [6.45, 7) is 0.560. The lowest BCUT2D eigenvalue weighted by molar-refractivity contribution is 0.102. The molecule has 0 radical (unpaired) electrons. The third-order valence-electron chi connectivity index (χ3n) is 3.79. The number of amides is 1. The van der Waals surface area contributed by atoms with Crippen molar-refractivity contribution >= 4 is 29.0 Å². The van der Waals surface area contributed by atoms with Gasteiger partial charge >= 0.3 is 0 Å². The van der Waals surface area contributed by atoms with Crippen LogP contribution < -0.4 is 10.6 Å². The smallest absolute Gasteiger partial charge is 0.255 e. The predicted octanol–water partition coefficient (Wildman–Crippen LogP) is 4.78. The highest BCUT2D eigenvalue weighted by Crippen LogP contribution is 2.14. The van der Waals surface area contributed by atoms with Crippen LogP contribution in [0.4, 0.5) is 15.9 Å². The first kappa shape index (κ1) is 17.9. The first-order valence-electron chi connectivity index (χ1n) is 8.12. The van der Waals surface area contributed by atoms with Gasteiger partial charge in [-0.25, -0.2) is 9.37 Å². The molecule has 2 N–H and O–H groups in total. The Labute approximate surface area is 156 Å². The van der Waals surface area contributed by atoms with Crippen LogP contribution in [0.5, 0.6) is 0 Å². The van der Waals surface area contributed by atoms with E-state index in [4.69, 9.17) is 11.6 Å². The summed E-state index contributed by atoms with van der Waals surface area (Å²) in [4.78, 5) is 16.4. The number of pyridine rings is 1. The normalized spacial score (nSPS) is 10.4. The molecule has 0 aliphatic rings. The van der Waals surface area contributed by atoms with E-state index in [0.29, 0.717) is 40.6 Å². The summed E-state index contributed by atoms with van der Waals surface area (Å²) < 4.78 is 13.6. The fraction of sp³-hybridized carbons (Fsp3) is 0.100. The fourth-order valence-electron chi connectivity index (χ4n) is 2.40. The highest BCUT2D eigenvalue weighted by molar-refractivity contribution is 6.30. The van der Waals surface area contributed by atoms with Gasteiger partial charge in [0, 0.05) is 17.1 Å². The molecule has 132 valence electrons. The molecule has 1 amide bonds. The van der Waals surface area contributed by atoms with Gasteiger partial charge in [0.1, 0.15) is 11.6 Å². The minimum Gasteiger partial charge on any atom is -0.370 e. The molecular formula is C20H17ClFN3O. The van der Waals surface area contributed by atoms with Gasteiger partial charge in [-0.15, -0.1) is 0 Å². The Morgan fingerprint density at radius 3 is 2.50 bits per heavy atom. The van der Waals surface area contributed by atoms with Gasteiger partial charge in [0.05, 0.1) is 11.9 Å². The maximum Gasteiger partial charge on any atom is 0.255 e. The molecule has 0 atom stereocenters. The van der Waals surface area contributed by atoms with E-state index >= 15 is 0 Å². The van der Waals surface area contributed by atoms with Crippen molar-refractivity contribution in [2.75, 3.05) is 17.2 Å². The zero-order chi connectivity index (χ0) is 18.4. The Kier molecular flexibility index (Phi) is 5.81. The number of nitrogens with one attached hydrogen (secondary N) is 2. The lowest BCUT2D eigenvalue weighted by Crippen LogP contribution is -2.12. The molecule has 0 bridgehead atoms. The standard InChI is InChI=1S/C20H17ClFN3O/c21-16-7-5-15(6-8-16)20(26)25-17-9-10-19(24-13-17)23-12-11-14-3-1-2-4-18(14)22/h1-10,13H,11-12H2,(H,23,24)(H,25,26). The van der Waals surface area contributed by atoms with Crippen molar-refractivity contribution in [1.82, 2.24) is 4.98 Å². The van der Waals surface area contributed by atoms with Crippen LogP contribution in [0.1, 0.15) is 15.9 Å². The van der Waals surface area contributed by atoms with Crippen LogP contribution in [0.2, 0.25) is 5.02 Å². The van der Waals surface area contributed by atoms with E-state index in [1.807, 2.05) is 6.07 Å². The summed E-state index contributed by atoms with van der Waals surface area (Å²) in [5.74, 6) is 0.220. The Balaban J connectivity index is 1.52. The van der Waals surface area contributed by atoms with Crippen LogP contribution in [0.3, 0.4) is 0 Å². The highest BCUT2D eigenvalue weighted by atomic mass is 35.5. The summed E-state index contributed by atoms with van der Waals surface area (Å²) in [5.41, 5.74) is 1.76. The number of benzene rings is 2. The lowest BCUT2D eigenvalue weighted by Gasteiger charge is -2.08. The largest absolute Gasteiger partial charge is 0.370 e. The number of aromatic nitrogens is 1. The second kappa shape index (κ2) is 8.45. The van der Waals surface area contributed by atoms with Gasteiger partial charge in [-0.2, -0.15) is 0 Å². The molecule has 1 aromatic heterocycles. The number of rotatable bonds is 6. The van der Waals surface area contributed by atoms with Crippen molar-refractivity contribution in [3.63, 3.8) is 0 Å². The average Bonchev–Trinajstić information content (AvgIpc) is 2.65. The first-order valence-corrected chi connectivity index (χ1v) is 8.50. The van der Waals surface area contributed by atoms with Gasteiger partial charge in [0.25, 0.3) is 5.91 Å². The number of carbonyl (C=O) groups is 1. The number of anilines is 2. The second-order valence-electron chi connectivity index (χ2n) is 5.66. The van der Waals surface area contributed by atoms with Crippen LogP contribution >= 0.6 is 11.6 Å². The van der Waals surface area contributed by atoms with Crippen molar-refractivity contribution < 1.29 is 9.18 Å². The molecule has 1 heterocycles. The van der Waals surface area contributed by atoms with E-state index in [1.54, 1.807) is 54.7 Å². The topological polar surface area (TPSA) is 54.0 Å². The summed E-state index contributed by atoms with van der Waals surface area (Å²) in [6, 6.07) is 16.9. The Morgan fingerprint density at radius 2 is 1.81 bits per heavy atom. The van der Waals surface area contributed by atoms with Crippen molar-refractivity contribution in [1.29, 1.82) is 0 Å². The van der Waals surface area contributed by atoms with E-state index in [0.717, 1.165) is 0 Å². The summed E-state index contributed by atoms with van der Waals surface area (Å²) >= 11 is 5.81. The molecular weight excluding hydrogens is 353 g/mol. The minimum atomic E-state index is -0.233. The van der Waals surface area contributed by atoms with E-state index in [1.165, 1.54) is 6.07 Å². The van der Waals surface area contributed by atoms with Crippen molar-refractivity contribution in [2.24, 2.45) is 0 Å². The zero-order valence-electron chi connectivity index (χ0n) is 13.9. The minimum absolute atomic E-state index is 0.206. The number of nitrogens with zero attached hydrogens (tertiary/aromatic N) is 1. The molecule has 2 aromatic carbocycles. The quantitative estimate of drug-likeness (QED) is 0.657. The van der Waals surface area contributed by atoms with Gasteiger partial charge in [-0.3, -0.25) is 4.79 Å². The van der Waals surface area contributed by atoms with E-state index in [2.05, 4.69) is 15.6 Å². The molecule has 0 aliphatic carbocycles. The Hall–Kier alpha value is -2.92. The van der Waals surface area contributed by atoms with Crippen molar-refractivity contribution in [2.45, 2.75) is 6.42 Å². The average molecular weight is 370 g/mol. The first-order chi connectivity index (χ1) is 12.6. The van der Waals surface area contributed by atoms with Crippen LogP contribution in [0.25, 0.3) is 0 Å². The molecule has 4 nitrogen and oxygen atoms in total. The third kappa shape index (κ3) is 4.80. The van der Waals surface area contributed by atoms with Gasteiger partial charge in [0.2, 0.25) is 0 Å². The number of halogens is 2. The zero-order valence-corrected chi connectivity index (χ0v) is 14.6. The Bertz CT molecular complexity index is 882. The molecule has 0 saturated heterocycles.